The Kier molecular flexibility index (Phi) is 8.19. The molecule has 6 rings (SSSR count). The highest BCUT2D eigenvalue weighted by atomic mass is 32.2. The number of thioether (sulfide) groups is 1. The summed E-state index contributed by atoms with van der Waals surface area (Å²) in [6.45, 7) is 1.51. The number of aryl methyl sites for hydroxylation is 1. The summed E-state index contributed by atoms with van der Waals surface area (Å²) < 4.78 is 52.8. The van der Waals surface area contributed by atoms with E-state index in [1.54, 1.807) is 36.4 Å². The van der Waals surface area contributed by atoms with Gasteiger partial charge in [0.15, 0.2) is 11.5 Å². The third-order valence-corrected chi connectivity index (χ3v) is 10.5. The lowest BCUT2D eigenvalue weighted by molar-refractivity contribution is -0.137. The van der Waals surface area contributed by atoms with E-state index in [4.69, 9.17) is 9.47 Å². The van der Waals surface area contributed by atoms with E-state index in [2.05, 4.69) is 5.32 Å². The molecule has 0 radical (unpaired) electrons. The number of ether oxygens (including phenoxy) is 2. The number of thiazole rings is 1. The summed E-state index contributed by atoms with van der Waals surface area (Å²) in [5, 5.41) is 2.02. The zero-order valence-electron chi connectivity index (χ0n) is 24.6. The van der Waals surface area contributed by atoms with Gasteiger partial charge in [0, 0.05) is 16.5 Å². The second kappa shape index (κ2) is 12.0. The van der Waals surface area contributed by atoms with E-state index < -0.39 is 51.4 Å². The molecule has 0 bridgehead atoms. The van der Waals surface area contributed by atoms with E-state index in [0.29, 0.717) is 32.7 Å². The Labute approximate surface area is 268 Å². The van der Waals surface area contributed by atoms with Crippen molar-refractivity contribution in [1.29, 1.82) is 0 Å². The highest BCUT2D eigenvalue weighted by molar-refractivity contribution is 8.00. The van der Waals surface area contributed by atoms with Crippen LogP contribution in [0.3, 0.4) is 0 Å². The van der Waals surface area contributed by atoms with Gasteiger partial charge in [-0.25, -0.2) is 4.90 Å². The van der Waals surface area contributed by atoms with Crippen LogP contribution in [0, 0.1) is 12.8 Å². The van der Waals surface area contributed by atoms with Gasteiger partial charge < -0.3 is 14.8 Å². The summed E-state index contributed by atoms with van der Waals surface area (Å²) >= 11 is 1.82. The van der Waals surface area contributed by atoms with Gasteiger partial charge in [-0.3, -0.25) is 23.7 Å². The van der Waals surface area contributed by atoms with Crippen LogP contribution in [0.15, 0.2) is 76.6 Å². The van der Waals surface area contributed by atoms with Crippen molar-refractivity contribution in [2.24, 2.45) is 5.92 Å². The Morgan fingerprint density at radius 3 is 2.37 bits per heavy atom. The highest BCUT2D eigenvalue weighted by Gasteiger charge is 2.57. The molecule has 3 aromatic carbocycles. The number of rotatable bonds is 7. The molecule has 0 aliphatic carbocycles. The predicted molar refractivity (Wildman–Crippen MR) is 167 cm³/mol. The molecular weight excluding hydrogens is 643 g/mol. The molecule has 1 saturated heterocycles. The van der Waals surface area contributed by atoms with Crippen molar-refractivity contribution in [2.75, 3.05) is 24.4 Å². The molecule has 9 nitrogen and oxygen atoms in total. The van der Waals surface area contributed by atoms with Crippen LogP contribution in [0.4, 0.5) is 24.5 Å². The molecule has 0 spiro atoms. The normalized spacial score (nSPS) is 19.1. The van der Waals surface area contributed by atoms with E-state index in [9.17, 15) is 32.3 Å². The van der Waals surface area contributed by atoms with Crippen molar-refractivity contribution < 1.29 is 37.0 Å². The highest BCUT2D eigenvalue weighted by Crippen LogP contribution is 2.54. The van der Waals surface area contributed by atoms with E-state index in [1.807, 2.05) is 13.0 Å². The number of carbonyl (C=O) groups excluding carboxylic acids is 3. The van der Waals surface area contributed by atoms with Crippen LogP contribution in [0.5, 0.6) is 11.5 Å². The number of hydrogen-bond donors (Lipinski definition) is 1. The number of aromatic nitrogens is 1. The minimum atomic E-state index is -4.69. The number of hydrogen-bond acceptors (Lipinski definition) is 8. The summed E-state index contributed by atoms with van der Waals surface area (Å²) in [7, 11) is 2.90. The van der Waals surface area contributed by atoms with Crippen molar-refractivity contribution in [3.05, 3.63) is 98.0 Å². The average molecular weight is 670 g/mol. The molecule has 0 unspecified atom stereocenters. The summed E-state index contributed by atoms with van der Waals surface area (Å²) in [6.07, 6.45) is -4.69. The molecule has 14 heteroatoms. The number of alkyl halides is 3. The van der Waals surface area contributed by atoms with Crippen molar-refractivity contribution >= 4 is 52.2 Å². The first kappa shape index (κ1) is 31.4. The monoisotopic (exact) mass is 669 g/mol. The number of anilines is 2. The summed E-state index contributed by atoms with van der Waals surface area (Å²) in [4.78, 5) is 55.3. The molecule has 1 aromatic heterocycles. The molecule has 3 heterocycles. The molecular formula is C32H26F3N3O6S2. The maximum absolute atomic E-state index is 14.1. The van der Waals surface area contributed by atoms with E-state index in [-0.39, 0.29) is 12.2 Å². The molecule has 2 aliphatic rings. The molecule has 3 amide bonds. The summed E-state index contributed by atoms with van der Waals surface area (Å²) in [6, 6.07) is 16.2. The number of benzene rings is 3. The molecule has 1 fully saturated rings. The molecule has 46 heavy (non-hydrogen) atoms. The van der Waals surface area contributed by atoms with Gasteiger partial charge in [0.1, 0.15) is 11.8 Å². The minimum absolute atomic E-state index is 0.204. The largest absolute Gasteiger partial charge is 0.493 e. The van der Waals surface area contributed by atoms with Crippen LogP contribution in [-0.2, 0) is 27.1 Å². The lowest BCUT2D eigenvalue weighted by atomic mass is 9.83. The van der Waals surface area contributed by atoms with Gasteiger partial charge in [0.2, 0.25) is 17.7 Å². The van der Waals surface area contributed by atoms with Crippen molar-refractivity contribution in [2.45, 2.75) is 35.8 Å². The maximum Gasteiger partial charge on any atom is 0.416 e. The van der Waals surface area contributed by atoms with Crippen LogP contribution in [0.1, 0.15) is 27.5 Å². The number of amides is 3. The average Bonchev–Trinajstić information content (AvgIpc) is 3.46. The molecule has 0 saturated carbocycles. The third kappa shape index (κ3) is 5.55. The lowest BCUT2D eigenvalue weighted by Gasteiger charge is -2.31. The van der Waals surface area contributed by atoms with Gasteiger partial charge in [-0.15, -0.1) is 0 Å². The number of fused-ring (bicyclic) bond motifs is 2. The van der Waals surface area contributed by atoms with E-state index >= 15 is 0 Å². The summed E-state index contributed by atoms with van der Waals surface area (Å²) in [5.41, 5.74) is 0.795. The first-order chi connectivity index (χ1) is 21.9. The van der Waals surface area contributed by atoms with E-state index in [1.165, 1.54) is 24.9 Å². The van der Waals surface area contributed by atoms with Gasteiger partial charge in [-0.05, 0) is 60.5 Å². The van der Waals surface area contributed by atoms with Crippen LogP contribution >= 0.6 is 23.1 Å². The van der Waals surface area contributed by atoms with Gasteiger partial charge in [-0.1, -0.05) is 47.4 Å². The quantitative estimate of drug-likeness (QED) is 0.252. The van der Waals surface area contributed by atoms with Gasteiger partial charge in [0.05, 0.1) is 36.4 Å². The number of carbonyl (C=O) groups is 3. The Morgan fingerprint density at radius 2 is 1.67 bits per heavy atom. The number of methoxy groups -OCH3 is 2. The first-order valence-electron chi connectivity index (χ1n) is 13.9. The van der Waals surface area contributed by atoms with Crippen LogP contribution in [-0.4, -0.2) is 41.8 Å². The van der Waals surface area contributed by atoms with Crippen molar-refractivity contribution in [1.82, 2.24) is 4.57 Å². The Balaban J connectivity index is 1.44. The first-order valence-corrected chi connectivity index (χ1v) is 15.6. The zero-order valence-corrected chi connectivity index (χ0v) is 26.2. The predicted octanol–water partition coefficient (Wildman–Crippen LogP) is 5.69. The second-order valence-electron chi connectivity index (χ2n) is 10.8. The number of imide groups is 1. The van der Waals surface area contributed by atoms with Crippen LogP contribution < -0.4 is 24.6 Å². The number of nitrogens with zero attached hydrogens (tertiary/aromatic N) is 2. The number of nitrogens with one attached hydrogen (secondary N) is 1. The molecule has 3 atom stereocenters. The number of halogens is 3. The van der Waals surface area contributed by atoms with Crippen LogP contribution in [0.25, 0.3) is 0 Å². The fourth-order valence-electron chi connectivity index (χ4n) is 5.80. The minimum Gasteiger partial charge on any atom is -0.493 e. The summed E-state index contributed by atoms with van der Waals surface area (Å²) in [5.74, 6) is -3.06. The maximum atomic E-state index is 14.1. The Hall–Kier alpha value is -4.56. The van der Waals surface area contributed by atoms with Gasteiger partial charge in [0.25, 0.3) is 0 Å². The van der Waals surface area contributed by atoms with Gasteiger partial charge in [-0.2, -0.15) is 13.2 Å². The SMILES string of the molecule is COc1ccc([C@@H]2c3sc(=O)n(CC(=O)Nc4cccc(C)c4)c3S[C@H]3C(=O)N(c4cccc(C(F)(F)F)c4)C(=O)[C@@H]23)cc1OC. The molecule has 238 valence electrons. The Bertz CT molecular complexity index is 1940. The lowest BCUT2D eigenvalue weighted by Crippen LogP contribution is -2.33. The zero-order chi connectivity index (χ0) is 32.9. The molecule has 1 N–H and O–H groups in total. The molecule has 4 aromatic rings. The fraction of sp³-hybridized carbons (Fsp3) is 0.250. The fourth-order valence-corrected chi connectivity index (χ4v) is 8.58. The Morgan fingerprint density at radius 1 is 0.935 bits per heavy atom. The topological polar surface area (TPSA) is 107 Å². The van der Waals surface area contributed by atoms with E-state index in [0.717, 1.165) is 51.8 Å². The van der Waals surface area contributed by atoms with Crippen molar-refractivity contribution in [3.63, 3.8) is 0 Å². The van der Waals surface area contributed by atoms with Gasteiger partial charge >= 0.3 is 11.0 Å². The second-order valence-corrected chi connectivity index (χ2v) is 12.9. The van der Waals surface area contributed by atoms with Crippen LogP contribution in [0.2, 0.25) is 0 Å². The smallest absolute Gasteiger partial charge is 0.416 e. The molecule has 2 aliphatic heterocycles. The standard InChI is InChI=1S/C32H26F3N3O6S2/c1-16-6-4-8-19(12-16)36-23(39)15-37-30-27(46-31(37)42)24(17-10-11-21(43-2)22(13-17)44-3)25-26(45-30)29(41)38(28(25)40)20-9-5-7-18(14-20)32(33,34)35/h4-14,24-26H,15H2,1-3H3,(H,36,39)/t24-,25-,26+/m0/s1. The van der Waals surface area contributed by atoms with Crippen molar-refractivity contribution in [3.8, 4) is 11.5 Å². The third-order valence-electron chi connectivity index (χ3n) is 7.85.